The Hall–Kier alpha value is -2.36. The third-order valence-corrected chi connectivity index (χ3v) is 6.53. The first-order valence-electron chi connectivity index (χ1n) is 10.6. The summed E-state index contributed by atoms with van der Waals surface area (Å²) >= 11 is 0. The van der Waals surface area contributed by atoms with Gasteiger partial charge < -0.3 is 9.47 Å². The highest BCUT2D eigenvalue weighted by Crippen LogP contribution is 2.49. The van der Waals surface area contributed by atoms with Crippen molar-refractivity contribution in [3.8, 4) is 22.6 Å². The van der Waals surface area contributed by atoms with Gasteiger partial charge in [0.15, 0.2) is 11.6 Å². The number of methoxy groups -OCH3 is 1. The van der Waals surface area contributed by atoms with Crippen molar-refractivity contribution in [3.05, 3.63) is 59.7 Å². The molecule has 0 radical (unpaired) electrons. The number of ether oxygens (including phenoxy) is 2. The second-order valence-corrected chi connectivity index (χ2v) is 8.15. The number of hydrogen-bond acceptors (Lipinski definition) is 2. The lowest BCUT2D eigenvalue weighted by Crippen LogP contribution is -2.18. The van der Waals surface area contributed by atoms with E-state index < -0.39 is 11.6 Å². The average molecular weight is 398 g/mol. The average Bonchev–Trinajstić information content (AvgIpc) is 3.32. The molecule has 154 valence electrons. The summed E-state index contributed by atoms with van der Waals surface area (Å²) in [5.41, 5.74) is 2.49. The first-order chi connectivity index (χ1) is 14.1. The molecule has 4 rings (SSSR count). The molecular formula is C25H28F2O2. The molecule has 0 N–H and O–H groups in total. The fourth-order valence-electron chi connectivity index (χ4n) is 5.04. The first kappa shape index (κ1) is 19.9. The van der Waals surface area contributed by atoms with Crippen LogP contribution in [0.4, 0.5) is 8.78 Å². The van der Waals surface area contributed by atoms with Crippen LogP contribution in [0.1, 0.15) is 39.0 Å². The highest BCUT2D eigenvalue weighted by molar-refractivity contribution is 5.66. The van der Waals surface area contributed by atoms with Gasteiger partial charge in [-0.15, -0.1) is 0 Å². The molecule has 0 spiro atoms. The van der Waals surface area contributed by atoms with E-state index in [0.717, 1.165) is 24.2 Å². The molecule has 1 saturated carbocycles. The van der Waals surface area contributed by atoms with Gasteiger partial charge in [0, 0.05) is 5.56 Å². The van der Waals surface area contributed by atoms with Crippen LogP contribution in [0.5, 0.6) is 11.5 Å². The highest BCUT2D eigenvalue weighted by atomic mass is 19.2. The topological polar surface area (TPSA) is 18.5 Å². The number of halogens is 2. The standard InChI is InChI=1S/C25H28F2O2/c1-3-4-16-7-11-21-18(8-12-20(16)21)15-29-19-9-5-17(6-10-19)22-13-14-23(28-2)25(27)24(22)26/h5-7,9-10,13-14,18,20-21H,3-4,8,11-12,15H2,1-2H3. The van der Waals surface area contributed by atoms with Crippen LogP contribution in [0.2, 0.25) is 0 Å². The van der Waals surface area contributed by atoms with Crippen LogP contribution in [0.25, 0.3) is 11.1 Å². The van der Waals surface area contributed by atoms with E-state index in [0.29, 0.717) is 11.5 Å². The zero-order valence-electron chi connectivity index (χ0n) is 17.1. The van der Waals surface area contributed by atoms with Gasteiger partial charge in [0.1, 0.15) is 5.75 Å². The van der Waals surface area contributed by atoms with E-state index >= 15 is 0 Å². The van der Waals surface area contributed by atoms with Crippen molar-refractivity contribution in [1.29, 1.82) is 0 Å². The number of benzene rings is 2. The summed E-state index contributed by atoms with van der Waals surface area (Å²) in [4.78, 5) is 0. The van der Waals surface area contributed by atoms with Gasteiger partial charge in [0.2, 0.25) is 5.82 Å². The minimum absolute atomic E-state index is 0.0930. The van der Waals surface area contributed by atoms with E-state index in [1.54, 1.807) is 17.7 Å². The van der Waals surface area contributed by atoms with E-state index in [1.807, 2.05) is 12.1 Å². The third kappa shape index (κ3) is 3.90. The molecule has 1 fully saturated rings. The molecule has 29 heavy (non-hydrogen) atoms. The van der Waals surface area contributed by atoms with Gasteiger partial charge in [-0.2, -0.15) is 4.39 Å². The molecule has 0 bridgehead atoms. The Balaban J connectivity index is 1.38. The highest BCUT2D eigenvalue weighted by Gasteiger charge is 2.40. The van der Waals surface area contributed by atoms with Gasteiger partial charge in [-0.25, -0.2) is 4.39 Å². The lowest BCUT2D eigenvalue weighted by atomic mass is 9.88. The summed E-state index contributed by atoms with van der Waals surface area (Å²) < 4.78 is 39.2. The molecule has 0 heterocycles. The summed E-state index contributed by atoms with van der Waals surface area (Å²) in [6.45, 7) is 2.97. The Morgan fingerprint density at radius 1 is 1.00 bits per heavy atom. The quantitative estimate of drug-likeness (QED) is 0.478. The maximum Gasteiger partial charge on any atom is 0.201 e. The normalized spacial score (nSPS) is 23.0. The van der Waals surface area contributed by atoms with Gasteiger partial charge in [-0.05, 0) is 73.3 Å². The van der Waals surface area contributed by atoms with Crippen molar-refractivity contribution >= 4 is 0 Å². The molecule has 2 nitrogen and oxygen atoms in total. The predicted octanol–water partition coefficient (Wildman–Crippen LogP) is 6.79. The van der Waals surface area contributed by atoms with Gasteiger partial charge in [0.25, 0.3) is 0 Å². The van der Waals surface area contributed by atoms with Crippen LogP contribution in [-0.4, -0.2) is 13.7 Å². The fourth-order valence-corrected chi connectivity index (χ4v) is 5.04. The molecule has 2 aromatic carbocycles. The minimum atomic E-state index is -0.964. The van der Waals surface area contributed by atoms with Crippen molar-refractivity contribution in [2.75, 3.05) is 13.7 Å². The van der Waals surface area contributed by atoms with Crippen molar-refractivity contribution in [1.82, 2.24) is 0 Å². The Labute approximate surface area is 171 Å². The zero-order chi connectivity index (χ0) is 20.4. The summed E-state index contributed by atoms with van der Waals surface area (Å²) in [5.74, 6) is 0.903. The van der Waals surface area contributed by atoms with E-state index in [2.05, 4.69) is 13.0 Å². The largest absolute Gasteiger partial charge is 0.494 e. The van der Waals surface area contributed by atoms with Gasteiger partial charge >= 0.3 is 0 Å². The number of rotatable bonds is 7. The van der Waals surface area contributed by atoms with Gasteiger partial charge in [-0.1, -0.05) is 37.1 Å². The Morgan fingerprint density at radius 2 is 1.79 bits per heavy atom. The first-order valence-corrected chi connectivity index (χ1v) is 10.6. The molecule has 3 atom stereocenters. The number of allylic oxidation sites excluding steroid dienone is 2. The molecule has 4 heteroatoms. The van der Waals surface area contributed by atoms with Crippen LogP contribution in [0.15, 0.2) is 48.0 Å². The van der Waals surface area contributed by atoms with Crippen molar-refractivity contribution in [3.63, 3.8) is 0 Å². The van der Waals surface area contributed by atoms with Crippen LogP contribution < -0.4 is 9.47 Å². The van der Waals surface area contributed by atoms with E-state index in [4.69, 9.17) is 9.47 Å². The zero-order valence-corrected chi connectivity index (χ0v) is 17.1. The van der Waals surface area contributed by atoms with E-state index in [1.165, 1.54) is 51.3 Å². The monoisotopic (exact) mass is 398 g/mol. The Kier molecular flexibility index (Phi) is 5.89. The number of hydrogen-bond donors (Lipinski definition) is 0. The van der Waals surface area contributed by atoms with Crippen LogP contribution in [-0.2, 0) is 0 Å². The van der Waals surface area contributed by atoms with Crippen molar-refractivity contribution < 1.29 is 18.3 Å². The van der Waals surface area contributed by atoms with E-state index in [9.17, 15) is 8.78 Å². The third-order valence-electron chi connectivity index (χ3n) is 6.53. The molecule has 2 aliphatic carbocycles. The molecule has 2 aliphatic rings. The minimum Gasteiger partial charge on any atom is -0.494 e. The maximum absolute atomic E-state index is 14.3. The summed E-state index contributed by atoms with van der Waals surface area (Å²) in [6, 6.07) is 10.2. The second-order valence-electron chi connectivity index (χ2n) is 8.15. The molecule has 0 aromatic heterocycles. The number of fused-ring (bicyclic) bond motifs is 1. The Bertz CT molecular complexity index is 888. The fraction of sp³-hybridized carbons (Fsp3) is 0.440. The van der Waals surface area contributed by atoms with Crippen LogP contribution >= 0.6 is 0 Å². The molecule has 0 amide bonds. The molecule has 0 aliphatic heterocycles. The lowest BCUT2D eigenvalue weighted by molar-refractivity contribution is 0.208. The second kappa shape index (κ2) is 8.56. The van der Waals surface area contributed by atoms with Gasteiger partial charge in [0.05, 0.1) is 13.7 Å². The van der Waals surface area contributed by atoms with E-state index in [-0.39, 0.29) is 11.3 Å². The van der Waals surface area contributed by atoms with Crippen molar-refractivity contribution in [2.45, 2.75) is 39.0 Å². The van der Waals surface area contributed by atoms with Gasteiger partial charge in [-0.3, -0.25) is 0 Å². The summed E-state index contributed by atoms with van der Waals surface area (Å²) in [5, 5.41) is 0. The van der Waals surface area contributed by atoms with Crippen molar-refractivity contribution in [2.24, 2.45) is 17.8 Å². The molecule has 0 saturated heterocycles. The molecular weight excluding hydrogens is 370 g/mol. The smallest absolute Gasteiger partial charge is 0.201 e. The lowest BCUT2D eigenvalue weighted by Gasteiger charge is -2.20. The predicted molar refractivity (Wildman–Crippen MR) is 111 cm³/mol. The molecule has 2 aromatic rings. The summed E-state index contributed by atoms with van der Waals surface area (Å²) in [7, 11) is 1.32. The SMILES string of the molecule is CCCC1=CCC2C(COc3ccc(-c4ccc(OC)c(F)c4F)cc3)CCC12. The summed E-state index contributed by atoms with van der Waals surface area (Å²) in [6.07, 6.45) is 8.62. The Morgan fingerprint density at radius 3 is 2.52 bits per heavy atom. The maximum atomic E-state index is 14.3. The molecule has 3 unspecified atom stereocenters. The van der Waals surface area contributed by atoms with Crippen LogP contribution in [0, 0.1) is 29.4 Å². The van der Waals surface area contributed by atoms with Crippen LogP contribution in [0.3, 0.4) is 0 Å².